The normalized spacial score (nSPS) is 15.8. The van der Waals surface area contributed by atoms with Crippen molar-refractivity contribution in [2.24, 2.45) is 0 Å². The molecule has 6 heteroatoms. The van der Waals surface area contributed by atoms with Crippen molar-refractivity contribution in [1.82, 2.24) is 9.97 Å². The molecule has 0 unspecified atom stereocenters. The molecular formula is C20H23ClN3OS+. The monoisotopic (exact) mass is 388 g/mol. The van der Waals surface area contributed by atoms with Crippen LogP contribution < -0.4 is 5.56 Å². The molecule has 0 amide bonds. The van der Waals surface area contributed by atoms with Gasteiger partial charge in [-0.2, -0.15) is 0 Å². The van der Waals surface area contributed by atoms with Crippen molar-refractivity contribution in [3.05, 3.63) is 50.8 Å². The van der Waals surface area contributed by atoms with E-state index in [-0.39, 0.29) is 5.56 Å². The lowest BCUT2D eigenvalue weighted by Crippen LogP contribution is -2.47. The number of benzene rings is 1. The Bertz CT molecular complexity index is 984. The van der Waals surface area contributed by atoms with Crippen molar-refractivity contribution in [3.8, 4) is 11.1 Å². The van der Waals surface area contributed by atoms with Crippen molar-refractivity contribution in [3.63, 3.8) is 0 Å². The third-order valence-corrected chi connectivity index (χ3v) is 6.64. The smallest absolute Gasteiger partial charge is 0.260 e. The van der Waals surface area contributed by atoms with Crippen LogP contribution in [0.2, 0.25) is 5.02 Å². The average molecular weight is 389 g/mol. The van der Waals surface area contributed by atoms with Crippen molar-refractivity contribution < 1.29 is 4.48 Å². The lowest BCUT2D eigenvalue weighted by atomic mass is 10.1. The Hall–Kier alpha value is -1.69. The third kappa shape index (κ3) is 3.31. The van der Waals surface area contributed by atoms with Crippen LogP contribution in [-0.4, -0.2) is 34.6 Å². The van der Waals surface area contributed by atoms with E-state index >= 15 is 0 Å². The van der Waals surface area contributed by atoms with Crippen LogP contribution >= 0.6 is 22.9 Å². The number of nitrogens with zero attached hydrogens (tertiary/aromatic N) is 2. The number of hydrogen-bond acceptors (Lipinski definition) is 3. The summed E-state index contributed by atoms with van der Waals surface area (Å²) in [6.07, 6.45) is 5.15. The highest BCUT2D eigenvalue weighted by atomic mass is 35.5. The minimum atomic E-state index is -0.0531. The second kappa shape index (κ2) is 6.80. The fourth-order valence-corrected chi connectivity index (χ4v) is 5.12. The highest BCUT2D eigenvalue weighted by Crippen LogP contribution is 2.32. The summed E-state index contributed by atoms with van der Waals surface area (Å²) in [5, 5.41) is 3.37. The minimum Gasteiger partial charge on any atom is -0.320 e. The van der Waals surface area contributed by atoms with Gasteiger partial charge < -0.3 is 9.47 Å². The quantitative estimate of drug-likeness (QED) is 0.651. The van der Waals surface area contributed by atoms with Crippen molar-refractivity contribution in [2.45, 2.75) is 38.3 Å². The van der Waals surface area contributed by atoms with E-state index in [4.69, 9.17) is 16.6 Å². The summed E-state index contributed by atoms with van der Waals surface area (Å²) in [7, 11) is 4.49. The molecule has 0 spiro atoms. The maximum absolute atomic E-state index is 12.8. The number of hydrogen-bond donors (Lipinski definition) is 1. The summed E-state index contributed by atoms with van der Waals surface area (Å²) in [6, 6.07) is 8.23. The lowest BCUT2D eigenvalue weighted by molar-refractivity contribution is -0.927. The Morgan fingerprint density at radius 1 is 1.23 bits per heavy atom. The highest BCUT2D eigenvalue weighted by molar-refractivity contribution is 7.17. The molecule has 4 rings (SSSR count). The van der Waals surface area contributed by atoms with Crippen LogP contribution in [0, 0.1) is 0 Å². The zero-order chi connectivity index (χ0) is 18.3. The van der Waals surface area contributed by atoms with Gasteiger partial charge in [-0.3, -0.25) is 4.79 Å². The Morgan fingerprint density at radius 3 is 2.62 bits per heavy atom. The number of aromatic nitrogens is 2. The standard InChI is InChI=1S/C20H22ClN3OS/c1-24(2,15-5-3-4-6-15)11-17-22-19(25)18-16(12-26-20(18)23-17)13-7-9-14(21)10-8-13/h7-10,12,15H,3-6,11H2,1-2H3/p+1. The van der Waals surface area contributed by atoms with Gasteiger partial charge >= 0.3 is 0 Å². The van der Waals surface area contributed by atoms with Gasteiger partial charge in [-0.05, 0) is 43.4 Å². The molecule has 0 bridgehead atoms. The molecule has 0 saturated heterocycles. The lowest BCUT2D eigenvalue weighted by Gasteiger charge is -2.35. The number of fused-ring (bicyclic) bond motifs is 1. The molecule has 1 saturated carbocycles. The zero-order valence-electron chi connectivity index (χ0n) is 15.1. The number of quaternary nitrogens is 1. The van der Waals surface area contributed by atoms with E-state index in [1.807, 2.05) is 29.6 Å². The second-order valence-corrected chi connectivity index (χ2v) is 9.02. The summed E-state index contributed by atoms with van der Waals surface area (Å²) >= 11 is 7.51. The fourth-order valence-electron chi connectivity index (χ4n) is 4.03. The van der Waals surface area contributed by atoms with Gasteiger partial charge in [-0.15, -0.1) is 11.3 Å². The van der Waals surface area contributed by atoms with Crippen LogP contribution in [0.3, 0.4) is 0 Å². The maximum Gasteiger partial charge on any atom is 0.260 e. The molecule has 1 aliphatic carbocycles. The molecule has 4 nitrogen and oxygen atoms in total. The number of H-pyrrole nitrogens is 1. The van der Waals surface area contributed by atoms with E-state index in [9.17, 15) is 4.79 Å². The van der Waals surface area contributed by atoms with Crippen LogP contribution in [0.25, 0.3) is 21.3 Å². The van der Waals surface area contributed by atoms with Gasteiger partial charge in [0.15, 0.2) is 5.82 Å². The fraction of sp³-hybridized carbons (Fsp3) is 0.400. The largest absolute Gasteiger partial charge is 0.320 e. The Kier molecular flexibility index (Phi) is 4.63. The molecule has 0 atom stereocenters. The molecule has 1 fully saturated rings. The highest BCUT2D eigenvalue weighted by Gasteiger charge is 2.32. The van der Waals surface area contributed by atoms with E-state index in [2.05, 4.69) is 19.1 Å². The predicted molar refractivity (Wildman–Crippen MR) is 109 cm³/mol. The third-order valence-electron chi connectivity index (χ3n) is 5.52. The SMILES string of the molecule is C[N+](C)(Cc1nc2scc(-c3ccc(Cl)cc3)c2c(=O)[nH]1)C1CCCC1. The topological polar surface area (TPSA) is 45.8 Å². The van der Waals surface area contributed by atoms with Gasteiger partial charge in [0.05, 0.1) is 25.5 Å². The summed E-state index contributed by atoms with van der Waals surface area (Å²) < 4.78 is 0.879. The van der Waals surface area contributed by atoms with Crippen LogP contribution in [0.1, 0.15) is 31.5 Å². The van der Waals surface area contributed by atoms with Gasteiger partial charge in [0, 0.05) is 16.0 Å². The Balaban J connectivity index is 1.70. The summed E-state index contributed by atoms with van der Waals surface area (Å²) in [5.41, 5.74) is 1.86. The molecule has 1 aromatic carbocycles. The predicted octanol–water partition coefficient (Wildman–Crippen LogP) is 4.82. The van der Waals surface area contributed by atoms with Gasteiger partial charge in [-0.1, -0.05) is 23.7 Å². The first kappa shape index (κ1) is 17.7. The molecule has 1 N–H and O–H groups in total. The second-order valence-electron chi connectivity index (χ2n) is 7.72. The molecule has 2 heterocycles. The number of thiophene rings is 1. The summed E-state index contributed by atoms with van der Waals surface area (Å²) in [4.78, 5) is 21.4. The van der Waals surface area contributed by atoms with Crippen LogP contribution in [-0.2, 0) is 6.54 Å². The summed E-state index contributed by atoms with van der Waals surface area (Å²) in [5.74, 6) is 0.781. The average Bonchev–Trinajstić information content (AvgIpc) is 3.25. The zero-order valence-corrected chi connectivity index (χ0v) is 16.7. The first-order valence-corrected chi connectivity index (χ1v) is 10.3. The Labute approximate surface area is 162 Å². The van der Waals surface area contributed by atoms with Gasteiger partial charge in [-0.25, -0.2) is 4.98 Å². The van der Waals surface area contributed by atoms with E-state index < -0.39 is 0 Å². The molecule has 0 radical (unpaired) electrons. The molecule has 1 aliphatic rings. The molecule has 2 aromatic heterocycles. The van der Waals surface area contributed by atoms with Crippen LogP contribution in [0.5, 0.6) is 0 Å². The molecular weight excluding hydrogens is 366 g/mol. The molecule has 3 aromatic rings. The molecule has 136 valence electrons. The molecule has 0 aliphatic heterocycles. The first-order valence-electron chi connectivity index (χ1n) is 9.03. The maximum atomic E-state index is 12.8. The Morgan fingerprint density at radius 2 is 1.92 bits per heavy atom. The van der Waals surface area contributed by atoms with E-state index in [0.717, 1.165) is 32.8 Å². The minimum absolute atomic E-state index is 0.0531. The van der Waals surface area contributed by atoms with E-state index in [0.29, 0.717) is 16.5 Å². The van der Waals surface area contributed by atoms with Gasteiger partial charge in [0.1, 0.15) is 11.4 Å². The number of nitrogens with one attached hydrogen (secondary N) is 1. The number of rotatable bonds is 4. The number of halogens is 1. The molecule has 26 heavy (non-hydrogen) atoms. The van der Waals surface area contributed by atoms with Gasteiger partial charge in [0.2, 0.25) is 0 Å². The number of aromatic amines is 1. The first-order chi connectivity index (χ1) is 12.4. The van der Waals surface area contributed by atoms with Crippen LogP contribution in [0.4, 0.5) is 0 Å². The van der Waals surface area contributed by atoms with E-state index in [1.54, 1.807) is 0 Å². The van der Waals surface area contributed by atoms with Crippen LogP contribution in [0.15, 0.2) is 34.4 Å². The van der Waals surface area contributed by atoms with E-state index in [1.165, 1.54) is 37.0 Å². The van der Waals surface area contributed by atoms with Crippen molar-refractivity contribution >= 4 is 33.2 Å². The van der Waals surface area contributed by atoms with Crippen molar-refractivity contribution in [2.75, 3.05) is 14.1 Å². The summed E-state index contributed by atoms with van der Waals surface area (Å²) in [6.45, 7) is 0.754. The van der Waals surface area contributed by atoms with Crippen molar-refractivity contribution in [1.29, 1.82) is 0 Å². The van der Waals surface area contributed by atoms with Gasteiger partial charge in [0.25, 0.3) is 5.56 Å².